The second kappa shape index (κ2) is 3.97. The lowest BCUT2D eigenvalue weighted by molar-refractivity contribution is 0.393. The maximum absolute atomic E-state index is 4.47. The van der Waals surface area contributed by atoms with Gasteiger partial charge in [0, 0.05) is 0 Å². The Morgan fingerprint density at radius 1 is 1.17 bits per heavy atom. The molecule has 0 radical (unpaired) electrons. The molecular formula is C10H15NS. The summed E-state index contributed by atoms with van der Waals surface area (Å²) in [4.78, 5) is 2.08. The third-order valence-electron chi connectivity index (χ3n) is 1.86. The van der Waals surface area contributed by atoms with Gasteiger partial charge in [-0.05, 0) is 26.6 Å². The Morgan fingerprint density at radius 3 is 2.08 bits per heavy atom. The van der Waals surface area contributed by atoms with Gasteiger partial charge in [0.1, 0.15) is 0 Å². The first-order chi connectivity index (χ1) is 5.61. The fraction of sp³-hybridized carbons (Fsp3) is 0.400. The molecule has 0 aliphatic heterocycles. The topological polar surface area (TPSA) is 3.24 Å². The summed E-state index contributed by atoms with van der Waals surface area (Å²) in [5.41, 5.74) is 2.53. The van der Waals surface area contributed by atoms with Crippen LogP contribution in [-0.2, 0) is 0 Å². The molecule has 1 unspecified atom stereocenters. The van der Waals surface area contributed by atoms with Gasteiger partial charge in [-0.1, -0.05) is 29.8 Å². The minimum Gasteiger partial charge on any atom is -0.294 e. The van der Waals surface area contributed by atoms with E-state index in [1.54, 1.807) is 0 Å². The van der Waals surface area contributed by atoms with Crippen molar-refractivity contribution in [3.05, 3.63) is 35.4 Å². The molecule has 0 saturated heterocycles. The van der Waals surface area contributed by atoms with Gasteiger partial charge >= 0.3 is 0 Å². The number of thiol groups is 1. The van der Waals surface area contributed by atoms with E-state index in [1.807, 2.05) is 14.1 Å². The van der Waals surface area contributed by atoms with Crippen LogP contribution in [0.2, 0.25) is 0 Å². The van der Waals surface area contributed by atoms with Crippen LogP contribution < -0.4 is 0 Å². The molecule has 1 rings (SSSR count). The largest absolute Gasteiger partial charge is 0.294 e. The van der Waals surface area contributed by atoms with Crippen LogP contribution in [0.4, 0.5) is 0 Å². The molecule has 0 aliphatic rings. The van der Waals surface area contributed by atoms with Gasteiger partial charge in [0.25, 0.3) is 0 Å². The van der Waals surface area contributed by atoms with Crippen molar-refractivity contribution in [2.45, 2.75) is 12.3 Å². The van der Waals surface area contributed by atoms with Gasteiger partial charge in [-0.2, -0.15) is 12.6 Å². The second-order valence-corrected chi connectivity index (χ2v) is 3.74. The van der Waals surface area contributed by atoms with Gasteiger partial charge in [-0.15, -0.1) is 0 Å². The third kappa shape index (κ3) is 2.26. The zero-order valence-corrected chi connectivity index (χ0v) is 8.68. The van der Waals surface area contributed by atoms with Crippen LogP contribution in [-0.4, -0.2) is 19.0 Å². The van der Waals surface area contributed by atoms with Gasteiger partial charge in [0.05, 0.1) is 5.37 Å². The molecule has 66 valence electrons. The van der Waals surface area contributed by atoms with E-state index in [0.717, 1.165) is 0 Å². The van der Waals surface area contributed by atoms with Crippen LogP contribution in [0.15, 0.2) is 24.3 Å². The Balaban J connectivity index is 2.82. The third-order valence-corrected chi connectivity index (χ3v) is 2.62. The van der Waals surface area contributed by atoms with E-state index in [1.165, 1.54) is 11.1 Å². The summed E-state index contributed by atoms with van der Waals surface area (Å²) in [6, 6.07) is 8.46. The van der Waals surface area contributed by atoms with E-state index in [9.17, 15) is 0 Å². The van der Waals surface area contributed by atoms with Crippen molar-refractivity contribution in [1.29, 1.82) is 0 Å². The van der Waals surface area contributed by atoms with Crippen molar-refractivity contribution in [2.75, 3.05) is 14.1 Å². The summed E-state index contributed by atoms with van der Waals surface area (Å²) in [7, 11) is 4.05. The number of benzene rings is 1. The fourth-order valence-corrected chi connectivity index (χ4v) is 1.21. The van der Waals surface area contributed by atoms with Gasteiger partial charge in [0.15, 0.2) is 0 Å². The van der Waals surface area contributed by atoms with Crippen molar-refractivity contribution in [2.24, 2.45) is 0 Å². The second-order valence-electron chi connectivity index (χ2n) is 3.25. The molecular weight excluding hydrogens is 166 g/mol. The lowest BCUT2D eigenvalue weighted by atomic mass is 10.1. The maximum Gasteiger partial charge on any atom is 0.0779 e. The quantitative estimate of drug-likeness (QED) is 0.542. The van der Waals surface area contributed by atoms with E-state index < -0.39 is 0 Å². The number of aryl methyl sites for hydroxylation is 1. The number of nitrogens with zero attached hydrogens (tertiary/aromatic N) is 1. The summed E-state index contributed by atoms with van der Waals surface area (Å²) >= 11 is 4.47. The van der Waals surface area contributed by atoms with Crippen molar-refractivity contribution in [3.8, 4) is 0 Å². The summed E-state index contributed by atoms with van der Waals surface area (Å²) < 4.78 is 0. The average molecular weight is 181 g/mol. The molecule has 12 heavy (non-hydrogen) atoms. The zero-order chi connectivity index (χ0) is 9.14. The molecule has 1 atom stereocenters. The number of rotatable bonds is 2. The van der Waals surface area contributed by atoms with Crippen LogP contribution in [0.3, 0.4) is 0 Å². The predicted molar refractivity (Wildman–Crippen MR) is 56.6 cm³/mol. The Bertz CT molecular complexity index is 241. The van der Waals surface area contributed by atoms with E-state index in [0.29, 0.717) is 0 Å². The first kappa shape index (κ1) is 9.62. The lowest BCUT2D eigenvalue weighted by Crippen LogP contribution is -2.14. The standard InChI is InChI=1S/C10H15NS/c1-8-4-6-9(7-5-8)10(12)11(2)3/h4-7,10,12H,1-3H3. The lowest BCUT2D eigenvalue weighted by Gasteiger charge is -2.18. The molecule has 0 bridgehead atoms. The Kier molecular flexibility index (Phi) is 3.18. The SMILES string of the molecule is Cc1ccc(C(S)N(C)C)cc1. The van der Waals surface area contributed by atoms with E-state index >= 15 is 0 Å². The zero-order valence-electron chi connectivity index (χ0n) is 7.78. The van der Waals surface area contributed by atoms with Crippen LogP contribution >= 0.6 is 12.6 Å². The summed E-state index contributed by atoms with van der Waals surface area (Å²) in [5, 5.41) is 0.200. The van der Waals surface area contributed by atoms with Crippen LogP contribution in [0.5, 0.6) is 0 Å². The van der Waals surface area contributed by atoms with Gasteiger partial charge in [-0.3, -0.25) is 4.90 Å². The highest BCUT2D eigenvalue weighted by atomic mass is 32.1. The molecule has 0 spiro atoms. The van der Waals surface area contributed by atoms with Crippen molar-refractivity contribution >= 4 is 12.6 Å². The highest BCUT2D eigenvalue weighted by Crippen LogP contribution is 2.21. The first-order valence-corrected chi connectivity index (χ1v) is 4.54. The Morgan fingerprint density at radius 2 is 1.67 bits per heavy atom. The molecule has 0 aliphatic carbocycles. The normalized spacial score (nSPS) is 13.4. The predicted octanol–water partition coefficient (Wildman–Crippen LogP) is 2.49. The molecule has 0 N–H and O–H groups in total. The van der Waals surface area contributed by atoms with E-state index in [2.05, 4.69) is 48.7 Å². The fourth-order valence-electron chi connectivity index (χ4n) is 1.04. The van der Waals surface area contributed by atoms with Crippen molar-refractivity contribution < 1.29 is 0 Å². The molecule has 1 nitrogen and oxygen atoms in total. The molecule has 1 aromatic rings. The molecule has 0 aromatic heterocycles. The van der Waals surface area contributed by atoms with Crippen molar-refractivity contribution in [1.82, 2.24) is 4.90 Å². The molecule has 0 amide bonds. The van der Waals surface area contributed by atoms with Gasteiger partial charge in [-0.25, -0.2) is 0 Å². The van der Waals surface area contributed by atoms with Crippen LogP contribution in [0.1, 0.15) is 16.5 Å². The number of hydrogen-bond acceptors (Lipinski definition) is 2. The Hall–Kier alpha value is -0.470. The summed E-state index contributed by atoms with van der Waals surface area (Å²) in [6.45, 7) is 2.09. The minimum atomic E-state index is 0.200. The minimum absolute atomic E-state index is 0.200. The molecule has 0 heterocycles. The van der Waals surface area contributed by atoms with Crippen molar-refractivity contribution in [3.63, 3.8) is 0 Å². The first-order valence-electron chi connectivity index (χ1n) is 4.02. The van der Waals surface area contributed by atoms with E-state index in [4.69, 9.17) is 0 Å². The average Bonchev–Trinajstić information content (AvgIpc) is 2.04. The molecule has 1 aromatic carbocycles. The smallest absolute Gasteiger partial charge is 0.0779 e. The van der Waals surface area contributed by atoms with Gasteiger partial charge < -0.3 is 0 Å². The number of hydrogen-bond donors (Lipinski definition) is 1. The van der Waals surface area contributed by atoms with Crippen LogP contribution in [0.25, 0.3) is 0 Å². The van der Waals surface area contributed by atoms with Gasteiger partial charge in [0.2, 0.25) is 0 Å². The summed E-state index contributed by atoms with van der Waals surface area (Å²) in [6.07, 6.45) is 0. The highest BCUT2D eigenvalue weighted by Gasteiger charge is 2.06. The highest BCUT2D eigenvalue weighted by molar-refractivity contribution is 7.80. The maximum atomic E-state index is 4.47. The monoisotopic (exact) mass is 181 g/mol. The molecule has 0 fully saturated rings. The molecule has 0 saturated carbocycles. The van der Waals surface area contributed by atoms with E-state index in [-0.39, 0.29) is 5.37 Å². The Labute approximate surface area is 79.8 Å². The summed E-state index contributed by atoms with van der Waals surface area (Å²) in [5.74, 6) is 0. The molecule has 2 heteroatoms. The van der Waals surface area contributed by atoms with Crippen LogP contribution in [0, 0.1) is 6.92 Å².